The number of hydrogen-bond acceptors (Lipinski definition) is 4. The second-order valence-electron chi connectivity index (χ2n) is 3.74. The van der Waals surface area contributed by atoms with Gasteiger partial charge < -0.3 is 5.32 Å². The maximum absolute atomic E-state index is 4.42. The molecule has 0 aromatic carbocycles. The minimum Gasteiger partial charge on any atom is -0.357 e. The molecule has 0 atom stereocenters. The third-order valence-corrected chi connectivity index (χ3v) is 2.56. The molecule has 2 rings (SSSR count). The predicted octanol–water partition coefficient (Wildman–Crippen LogP) is 1.54. The van der Waals surface area contributed by atoms with Crippen LogP contribution in [-0.4, -0.2) is 26.8 Å². The Bertz CT molecular complexity index is 515. The Hall–Kier alpha value is -1.91. The molecule has 0 spiro atoms. The van der Waals surface area contributed by atoms with E-state index in [0.717, 1.165) is 28.7 Å². The Morgan fingerprint density at radius 1 is 1.19 bits per heavy atom. The largest absolute Gasteiger partial charge is 0.357 e. The maximum atomic E-state index is 4.42. The SMILES string of the molecule is CNc1nnc(-c2ccc(C)nc2C)n1C. The Kier molecular flexibility index (Phi) is 2.60. The standard InChI is InChI=1S/C11H15N5/c1-7-5-6-9(8(2)13-7)10-14-15-11(12-3)16(10)4/h5-6H,1-4H3,(H,12,15). The van der Waals surface area contributed by atoms with Gasteiger partial charge in [0.05, 0.1) is 0 Å². The molecule has 16 heavy (non-hydrogen) atoms. The van der Waals surface area contributed by atoms with Crippen LogP contribution in [0.15, 0.2) is 12.1 Å². The summed E-state index contributed by atoms with van der Waals surface area (Å²) in [5.41, 5.74) is 3.00. The van der Waals surface area contributed by atoms with E-state index in [-0.39, 0.29) is 0 Å². The molecule has 5 nitrogen and oxygen atoms in total. The summed E-state index contributed by atoms with van der Waals surface area (Å²) in [5, 5.41) is 11.2. The van der Waals surface area contributed by atoms with Crippen LogP contribution in [0, 0.1) is 13.8 Å². The van der Waals surface area contributed by atoms with Crippen LogP contribution in [0.4, 0.5) is 5.95 Å². The normalized spacial score (nSPS) is 10.5. The van der Waals surface area contributed by atoms with Gasteiger partial charge in [0.1, 0.15) is 0 Å². The minimum absolute atomic E-state index is 0.745. The molecule has 1 N–H and O–H groups in total. The highest BCUT2D eigenvalue weighted by molar-refractivity contribution is 5.59. The van der Waals surface area contributed by atoms with Gasteiger partial charge in [-0.1, -0.05) is 0 Å². The van der Waals surface area contributed by atoms with E-state index in [2.05, 4.69) is 20.5 Å². The first kappa shape index (κ1) is 10.6. The Labute approximate surface area is 94.5 Å². The summed E-state index contributed by atoms with van der Waals surface area (Å²) in [6.45, 7) is 3.96. The number of hydrogen-bond donors (Lipinski definition) is 1. The van der Waals surface area contributed by atoms with Gasteiger partial charge in [-0.2, -0.15) is 0 Å². The van der Waals surface area contributed by atoms with Crippen LogP contribution in [0.25, 0.3) is 11.4 Å². The molecule has 0 radical (unpaired) electrons. The fourth-order valence-electron chi connectivity index (χ4n) is 1.70. The van der Waals surface area contributed by atoms with Crippen molar-refractivity contribution in [3.8, 4) is 11.4 Å². The van der Waals surface area contributed by atoms with Crippen molar-refractivity contribution >= 4 is 5.95 Å². The van der Waals surface area contributed by atoms with E-state index >= 15 is 0 Å². The molecule has 0 fully saturated rings. The smallest absolute Gasteiger partial charge is 0.224 e. The lowest BCUT2D eigenvalue weighted by atomic mass is 10.2. The van der Waals surface area contributed by atoms with Gasteiger partial charge in [-0.05, 0) is 26.0 Å². The van der Waals surface area contributed by atoms with Crippen molar-refractivity contribution in [3.63, 3.8) is 0 Å². The van der Waals surface area contributed by atoms with Gasteiger partial charge in [-0.15, -0.1) is 10.2 Å². The van der Waals surface area contributed by atoms with Crippen molar-refractivity contribution in [2.24, 2.45) is 7.05 Å². The van der Waals surface area contributed by atoms with Crippen LogP contribution in [0.5, 0.6) is 0 Å². The van der Waals surface area contributed by atoms with Crippen molar-refractivity contribution in [2.45, 2.75) is 13.8 Å². The lowest BCUT2D eigenvalue weighted by Crippen LogP contribution is -2.01. The first-order valence-corrected chi connectivity index (χ1v) is 5.15. The molecule has 0 unspecified atom stereocenters. The molecule has 2 heterocycles. The molecule has 0 saturated carbocycles. The molecule has 84 valence electrons. The summed E-state index contributed by atoms with van der Waals surface area (Å²) in [6, 6.07) is 4.01. The summed E-state index contributed by atoms with van der Waals surface area (Å²) in [6.07, 6.45) is 0. The highest BCUT2D eigenvalue weighted by atomic mass is 15.3. The van der Waals surface area contributed by atoms with Crippen LogP contribution in [-0.2, 0) is 7.05 Å². The molecule has 0 amide bonds. The van der Waals surface area contributed by atoms with Crippen LogP contribution in [0.2, 0.25) is 0 Å². The number of nitrogens with zero attached hydrogens (tertiary/aromatic N) is 4. The van der Waals surface area contributed by atoms with Crippen LogP contribution >= 0.6 is 0 Å². The molecule has 0 aliphatic carbocycles. The third-order valence-electron chi connectivity index (χ3n) is 2.56. The molecule has 0 aliphatic heterocycles. The number of rotatable bonds is 2. The van der Waals surface area contributed by atoms with Gasteiger partial charge in [0.2, 0.25) is 5.95 Å². The van der Waals surface area contributed by atoms with Gasteiger partial charge in [0.25, 0.3) is 0 Å². The number of aromatic nitrogens is 4. The minimum atomic E-state index is 0.745. The van der Waals surface area contributed by atoms with Gasteiger partial charge in [-0.3, -0.25) is 9.55 Å². The quantitative estimate of drug-likeness (QED) is 0.829. The fourth-order valence-corrected chi connectivity index (χ4v) is 1.70. The zero-order valence-electron chi connectivity index (χ0n) is 9.94. The number of anilines is 1. The predicted molar refractivity (Wildman–Crippen MR) is 63.3 cm³/mol. The topological polar surface area (TPSA) is 55.6 Å². The van der Waals surface area contributed by atoms with E-state index < -0.39 is 0 Å². The third kappa shape index (κ3) is 1.64. The van der Waals surface area contributed by atoms with Gasteiger partial charge in [0.15, 0.2) is 5.82 Å². The Morgan fingerprint density at radius 2 is 1.94 bits per heavy atom. The van der Waals surface area contributed by atoms with Crippen LogP contribution in [0.3, 0.4) is 0 Å². The van der Waals surface area contributed by atoms with Crippen LogP contribution in [0.1, 0.15) is 11.4 Å². The summed E-state index contributed by atoms with van der Waals surface area (Å²) in [4.78, 5) is 4.42. The molecule has 0 saturated heterocycles. The first-order valence-electron chi connectivity index (χ1n) is 5.15. The first-order chi connectivity index (χ1) is 7.63. The average Bonchev–Trinajstić information content (AvgIpc) is 2.60. The van der Waals surface area contributed by atoms with Gasteiger partial charge in [-0.25, -0.2) is 0 Å². The summed E-state index contributed by atoms with van der Waals surface area (Å²) in [5.74, 6) is 1.57. The number of aryl methyl sites for hydroxylation is 2. The zero-order valence-corrected chi connectivity index (χ0v) is 9.94. The van der Waals surface area contributed by atoms with E-state index in [9.17, 15) is 0 Å². The van der Waals surface area contributed by atoms with E-state index in [1.165, 1.54) is 0 Å². The molecule has 0 bridgehead atoms. The lowest BCUT2D eigenvalue weighted by molar-refractivity contribution is 0.920. The van der Waals surface area contributed by atoms with Crippen molar-refractivity contribution in [3.05, 3.63) is 23.5 Å². The van der Waals surface area contributed by atoms with Crippen molar-refractivity contribution in [2.75, 3.05) is 12.4 Å². The van der Waals surface area contributed by atoms with Gasteiger partial charge >= 0.3 is 0 Å². The number of nitrogens with one attached hydrogen (secondary N) is 1. The van der Waals surface area contributed by atoms with Crippen molar-refractivity contribution in [1.82, 2.24) is 19.7 Å². The molecular weight excluding hydrogens is 202 g/mol. The molecule has 0 aliphatic rings. The highest BCUT2D eigenvalue weighted by Gasteiger charge is 2.12. The fraction of sp³-hybridized carbons (Fsp3) is 0.364. The van der Waals surface area contributed by atoms with E-state index in [0.29, 0.717) is 0 Å². The monoisotopic (exact) mass is 217 g/mol. The van der Waals surface area contributed by atoms with Crippen molar-refractivity contribution in [1.29, 1.82) is 0 Å². The van der Waals surface area contributed by atoms with E-state index in [4.69, 9.17) is 0 Å². The van der Waals surface area contributed by atoms with E-state index in [1.54, 1.807) is 0 Å². The zero-order chi connectivity index (χ0) is 11.7. The van der Waals surface area contributed by atoms with Gasteiger partial charge in [0, 0.05) is 31.0 Å². The lowest BCUT2D eigenvalue weighted by Gasteiger charge is -2.06. The van der Waals surface area contributed by atoms with E-state index in [1.807, 2.05) is 44.6 Å². The summed E-state index contributed by atoms with van der Waals surface area (Å²) in [7, 11) is 3.76. The maximum Gasteiger partial charge on any atom is 0.224 e. The summed E-state index contributed by atoms with van der Waals surface area (Å²) >= 11 is 0. The Balaban J connectivity index is 2.54. The average molecular weight is 217 g/mol. The molecular formula is C11H15N5. The molecule has 2 aromatic rings. The molecule has 5 heteroatoms. The van der Waals surface area contributed by atoms with Crippen LogP contribution < -0.4 is 5.32 Å². The summed E-state index contributed by atoms with van der Waals surface area (Å²) < 4.78 is 1.92. The second-order valence-corrected chi connectivity index (χ2v) is 3.74. The highest BCUT2D eigenvalue weighted by Crippen LogP contribution is 2.21. The molecule has 2 aromatic heterocycles. The van der Waals surface area contributed by atoms with Crippen molar-refractivity contribution < 1.29 is 0 Å². The number of pyridine rings is 1. The Morgan fingerprint density at radius 3 is 2.50 bits per heavy atom. The second kappa shape index (κ2) is 3.92.